The third-order valence-electron chi connectivity index (χ3n) is 2.86. The van der Waals surface area contributed by atoms with E-state index in [4.69, 9.17) is 15.2 Å². The number of halogens is 1. The maximum atomic E-state index is 6.17. The first kappa shape index (κ1) is 15.5. The number of nitrogens with two attached hydrogens (primary N) is 1. The van der Waals surface area contributed by atoms with Gasteiger partial charge in [0.2, 0.25) is 0 Å². The monoisotopic (exact) mass is 350 g/mol. The number of benzene rings is 2. The van der Waals surface area contributed by atoms with Gasteiger partial charge >= 0.3 is 0 Å². The fourth-order valence-corrected chi connectivity index (χ4v) is 2.29. The lowest BCUT2D eigenvalue weighted by atomic mass is 10.2. The zero-order valence-corrected chi connectivity index (χ0v) is 13.9. The molecule has 0 spiro atoms. The Morgan fingerprint density at radius 2 is 1.86 bits per heavy atom. The minimum Gasteiger partial charge on any atom is -0.495 e. The van der Waals surface area contributed by atoms with Gasteiger partial charge in [0, 0.05) is 4.47 Å². The van der Waals surface area contributed by atoms with E-state index in [0.717, 1.165) is 21.6 Å². The van der Waals surface area contributed by atoms with Crippen LogP contribution in [0.25, 0.3) is 0 Å². The number of hydrogen-bond donors (Lipinski definition) is 2. The van der Waals surface area contributed by atoms with Crippen molar-refractivity contribution in [1.82, 2.24) is 0 Å². The Labute approximate surface area is 133 Å². The predicted molar refractivity (Wildman–Crippen MR) is 90.6 cm³/mol. The Morgan fingerprint density at radius 1 is 1.10 bits per heavy atom. The molecule has 0 atom stereocenters. The first-order chi connectivity index (χ1) is 10.0. The number of nitrogen functional groups attached to an aromatic ring is 1. The summed E-state index contributed by atoms with van der Waals surface area (Å²) in [5.41, 5.74) is 8.36. The summed E-state index contributed by atoms with van der Waals surface area (Å²) < 4.78 is 12.0. The van der Waals surface area contributed by atoms with Gasteiger partial charge in [-0.2, -0.15) is 0 Å². The van der Waals surface area contributed by atoms with Crippen LogP contribution in [-0.4, -0.2) is 13.2 Å². The maximum absolute atomic E-state index is 6.17. The summed E-state index contributed by atoms with van der Waals surface area (Å²) in [5.74, 6) is 1.41. The van der Waals surface area contributed by atoms with E-state index >= 15 is 0 Å². The van der Waals surface area contributed by atoms with E-state index in [1.165, 1.54) is 0 Å². The molecule has 4 nitrogen and oxygen atoms in total. The smallest absolute Gasteiger partial charge is 0.144 e. The van der Waals surface area contributed by atoms with Crippen molar-refractivity contribution in [2.75, 3.05) is 18.2 Å². The summed E-state index contributed by atoms with van der Waals surface area (Å²) in [5, 5.41) is 3.29. The maximum Gasteiger partial charge on any atom is 0.144 e. The molecule has 2 rings (SSSR count). The molecule has 0 heterocycles. The number of anilines is 3. The largest absolute Gasteiger partial charge is 0.495 e. The predicted octanol–water partition coefficient (Wildman–Crippen LogP) is 4.57. The highest BCUT2D eigenvalue weighted by Crippen LogP contribution is 2.36. The molecule has 5 heteroatoms. The Hall–Kier alpha value is -1.88. The van der Waals surface area contributed by atoms with E-state index in [-0.39, 0.29) is 6.10 Å². The first-order valence-electron chi connectivity index (χ1n) is 6.67. The fraction of sp³-hybridized carbons (Fsp3) is 0.250. The number of ether oxygens (including phenoxy) is 2. The fourth-order valence-electron chi connectivity index (χ4n) is 1.93. The first-order valence-corrected chi connectivity index (χ1v) is 7.46. The van der Waals surface area contributed by atoms with Crippen molar-refractivity contribution in [3.63, 3.8) is 0 Å². The van der Waals surface area contributed by atoms with Crippen molar-refractivity contribution < 1.29 is 9.47 Å². The van der Waals surface area contributed by atoms with Crippen LogP contribution in [0.15, 0.2) is 40.9 Å². The van der Waals surface area contributed by atoms with Gasteiger partial charge in [-0.15, -0.1) is 0 Å². The molecule has 0 saturated heterocycles. The summed E-state index contributed by atoms with van der Waals surface area (Å²) in [6.45, 7) is 3.94. The highest BCUT2D eigenvalue weighted by atomic mass is 79.9. The van der Waals surface area contributed by atoms with Crippen molar-refractivity contribution in [3.8, 4) is 11.5 Å². The van der Waals surface area contributed by atoms with Gasteiger partial charge in [0.25, 0.3) is 0 Å². The van der Waals surface area contributed by atoms with Crippen LogP contribution in [0.1, 0.15) is 13.8 Å². The minimum absolute atomic E-state index is 0.0722. The molecule has 0 aliphatic heterocycles. The molecule has 21 heavy (non-hydrogen) atoms. The molecule has 3 N–H and O–H groups in total. The Balaban J connectivity index is 2.34. The number of hydrogen-bond acceptors (Lipinski definition) is 4. The van der Waals surface area contributed by atoms with Crippen LogP contribution in [0.2, 0.25) is 0 Å². The molecule has 0 aliphatic rings. The third kappa shape index (κ3) is 3.82. The van der Waals surface area contributed by atoms with Gasteiger partial charge in [-0.3, -0.25) is 0 Å². The van der Waals surface area contributed by atoms with E-state index in [1.807, 2.05) is 50.2 Å². The molecule has 0 aromatic heterocycles. The van der Waals surface area contributed by atoms with Gasteiger partial charge in [-0.05, 0) is 44.2 Å². The summed E-state index contributed by atoms with van der Waals surface area (Å²) in [6.07, 6.45) is 0.0722. The number of methoxy groups -OCH3 is 1. The normalized spacial score (nSPS) is 10.5. The lowest BCUT2D eigenvalue weighted by Gasteiger charge is -2.17. The molecule has 0 radical (unpaired) electrons. The lowest BCUT2D eigenvalue weighted by molar-refractivity contribution is 0.244. The zero-order valence-electron chi connectivity index (χ0n) is 12.3. The summed E-state index contributed by atoms with van der Waals surface area (Å²) in [6, 6.07) is 11.4. The molecular formula is C16H19BrN2O2. The molecule has 112 valence electrons. The van der Waals surface area contributed by atoms with Crippen LogP contribution in [-0.2, 0) is 0 Å². The second-order valence-corrected chi connectivity index (χ2v) is 5.77. The summed E-state index contributed by atoms with van der Waals surface area (Å²) >= 11 is 3.45. The standard InChI is InChI=1S/C16H19BrN2O2/c1-10(2)21-15-6-4-5-12(16(15)18)19-13-9-11(17)7-8-14(13)20-3/h4-10,19H,18H2,1-3H3. The Bertz CT molecular complexity index is 630. The Kier molecular flexibility index (Phi) is 4.96. The average molecular weight is 351 g/mol. The van der Waals surface area contributed by atoms with Crippen LogP contribution in [0, 0.1) is 0 Å². The number of nitrogens with one attached hydrogen (secondary N) is 1. The SMILES string of the molecule is COc1ccc(Br)cc1Nc1cccc(OC(C)C)c1N. The van der Waals surface area contributed by atoms with Gasteiger partial charge in [0.05, 0.1) is 30.3 Å². The Morgan fingerprint density at radius 3 is 2.52 bits per heavy atom. The zero-order chi connectivity index (χ0) is 15.4. The number of para-hydroxylation sites is 1. The lowest BCUT2D eigenvalue weighted by Crippen LogP contribution is -2.08. The molecular weight excluding hydrogens is 332 g/mol. The van der Waals surface area contributed by atoms with Crippen LogP contribution >= 0.6 is 15.9 Å². The molecule has 0 fully saturated rings. The van der Waals surface area contributed by atoms with E-state index in [0.29, 0.717) is 11.4 Å². The van der Waals surface area contributed by atoms with Crippen molar-refractivity contribution >= 4 is 33.0 Å². The van der Waals surface area contributed by atoms with Crippen LogP contribution in [0.5, 0.6) is 11.5 Å². The van der Waals surface area contributed by atoms with Gasteiger partial charge in [0.15, 0.2) is 0 Å². The van der Waals surface area contributed by atoms with E-state index in [2.05, 4.69) is 21.2 Å². The van der Waals surface area contributed by atoms with E-state index < -0.39 is 0 Å². The summed E-state index contributed by atoms with van der Waals surface area (Å²) in [7, 11) is 1.63. The molecule has 0 saturated carbocycles. The van der Waals surface area contributed by atoms with Gasteiger partial charge in [-0.25, -0.2) is 0 Å². The molecule has 2 aromatic carbocycles. The second kappa shape index (κ2) is 6.72. The van der Waals surface area contributed by atoms with Gasteiger partial charge in [-0.1, -0.05) is 22.0 Å². The van der Waals surface area contributed by atoms with Crippen LogP contribution < -0.4 is 20.5 Å². The minimum atomic E-state index is 0.0722. The van der Waals surface area contributed by atoms with Crippen molar-refractivity contribution in [2.45, 2.75) is 20.0 Å². The molecule has 0 aliphatic carbocycles. The quantitative estimate of drug-likeness (QED) is 0.775. The highest BCUT2D eigenvalue weighted by Gasteiger charge is 2.10. The van der Waals surface area contributed by atoms with Gasteiger partial charge < -0.3 is 20.5 Å². The summed E-state index contributed by atoms with van der Waals surface area (Å²) in [4.78, 5) is 0. The third-order valence-corrected chi connectivity index (χ3v) is 3.35. The van der Waals surface area contributed by atoms with Crippen LogP contribution in [0.4, 0.5) is 17.1 Å². The van der Waals surface area contributed by atoms with Crippen molar-refractivity contribution in [2.24, 2.45) is 0 Å². The molecule has 0 amide bonds. The molecule has 0 unspecified atom stereocenters. The second-order valence-electron chi connectivity index (χ2n) is 4.85. The topological polar surface area (TPSA) is 56.5 Å². The molecule has 0 bridgehead atoms. The van der Waals surface area contributed by atoms with Crippen molar-refractivity contribution in [3.05, 3.63) is 40.9 Å². The van der Waals surface area contributed by atoms with E-state index in [9.17, 15) is 0 Å². The van der Waals surface area contributed by atoms with Crippen LogP contribution in [0.3, 0.4) is 0 Å². The van der Waals surface area contributed by atoms with Gasteiger partial charge in [0.1, 0.15) is 11.5 Å². The average Bonchev–Trinajstić information content (AvgIpc) is 2.43. The highest BCUT2D eigenvalue weighted by molar-refractivity contribution is 9.10. The molecule has 2 aromatic rings. The van der Waals surface area contributed by atoms with Crippen molar-refractivity contribution in [1.29, 1.82) is 0 Å². The number of rotatable bonds is 5. The van der Waals surface area contributed by atoms with E-state index in [1.54, 1.807) is 7.11 Å².